The number of benzene rings is 1. The van der Waals surface area contributed by atoms with Crippen molar-refractivity contribution in [1.82, 2.24) is 5.32 Å². The molecular weight excluding hydrogens is 298 g/mol. The maximum Gasteiger partial charge on any atom is 0.0336 e. The highest BCUT2D eigenvalue weighted by molar-refractivity contribution is 9.10. The van der Waals surface area contributed by atoms with Crippen molar-refractivity contribution in [3.63, 3.8) is 0 Å². The van der Waals surface area contributed by atoms with Gasteiger partial charge in [-0.1, -0.05) is 28.1 Å². The Balaban J connectivity index is 1.67. The molecule has 0 bridgehead atoms. The topological polar surface area (TPSA) is 12.0 Å². The van der Waals surface area contributed by atoms with E-state index in [2.05, 4.69) is 45.5 Å². The molecule has 0 saturated heterocycles. The van der Waals surface area contributed by atoms with Gasteiger partial charge >= 0.3 is 0 Å². The summed E-state index contributed by atoms with van der Waals surface area (Å²) >= 11 is 9.55. The second-order valence-electron chi connectivity index (χ2n) is 4.88. The fourth-order valence-corrected chi connectivity index (χ4v) is 2.87. The predicted molar refractivity (Wildman–Crippen MR) is 77.4 cm³/mol. The first kappa shape index (κ1) is 13.4. The van der Waals surface area contributed by atoms with E-state index in [4.69, 9.17) is 11.6 Å². The largest absolute Gasteiger partial charge is 0.312 e. The molecule has 0 aliphatic heterocycles. The molecule has 0 aromatic heterocycles. The maximum atomic E-state index is 6.10. The standard InChI is InChI=1S/C14H19BrClN/c15-13-5-1-11(2-6-13)9-17-10-12-3-7-14(16)8-4-12/h1-2,5-6,12,14,17H,3-4,7-10H2. The molecule has 1 aliphatic rings. The molecule has 2 rings (SSSR count). The first-order valence-corrected chi connectivity index (χ1v) is 7.56. The maximum absolute atomic E-state index is 6.10. The van der Waals surface area contributed by atoms with Crippen LogP contribution in [0.25, 0.3) is 0 Å². The van der Waals surface area contributed by atoms with Gasteiger partial charge in [0.1, 0.15) is 0 Å². The lowest BCUT2D eigenvalue weighted by atomic mass is 9.89. The zero-order valence-corrected chi connectivity index (χ0v) is 12.3. The molecule has 1 aliphatic carbocycles. The van der Waals surface area contributed by atoms with Crippen molar-refractivity contribution in [2.24, 2.45) is 5.92 Å². The summed E-state index contributed by atoms with van der Waals surface area (Å²) in [6.07, 6.45) is 4.93. The van der Waals surface area contributed by atoms with Crippen LogP contribution in [0.15, 0.2) is 28.7 Å². The summed E-state index contributed by atoms with van der Waals surface area (Å²) in [5.41, 5.74) is 1.35. The summed E-state index contributed by atoms with van der Waals surface area (Å²) in [6, 6.07) is 8.50. The highest BCUT2D eigenvalue weighted by atomic mass is 79.9. The summed E-state index contributed by atoms with van der Waals surface area (Å²) in [5, 5.41) is 3.98. The number of hydrogen-bond donors (Lipinski definition) is 1. The van der Waals surface area contributed by atoms with E-state index in [0.29, 0.717) is 5.38 Å². The molecule has 1 aromatic carbocycles. The Morgan fingerprint density at radius 3 is 2.41 bits per heavy atom. The quantitative estimate of drug-likeness (QED) is 0.815. The van der Waals surface area contributed by atoms with Crippen molar-refractivity contribution in [3.05, 3.63) is 34.3 Å². The van der Waals surface area contributed by atoms with Crippen molar-refractivity contribution >= 4 is 27.5 Å². The van der Waals surface area contributed by atoms with Crippen molar-refractivity contribution in [2.75, 3.05) is 6.54 Å². The predicted octanol–water partition coefficient (Wildman–Crippen LogP) is 4.34. The monoisotopic (exact) mass is 315 g/mol. The molecule has 94 valence electrons. The van der Waals surface area contributed by atoms with Crippen LogP contribution < -0.4 is 5.32 Å². The second-order valence-corrected chi connectivity index (χ2v) is 6.41. The molecule has 0 amide bonds. The van der Waals surface area contributed by atoms with Crippen molar-refractivity contribution in [1.29, 1.82) is 0 Å². The number of halogens is 2. The van der Waals surface area contributed by atoms with Gasteiger partial charge in [-0.3, -0.25) is 0 Å². The van der Waals surface area contributed by atoms with Crippen LogP contribution in [0.4, 0.5) is 0 Å². The summed E-state index contributed by atoms with van der Waals surface area (Å²) < 4.78 is 1.14. The summed E-state index contributed by atoms with van der Waals surface area (Å²) in [6.45, 7) is 2.09. The summed E-state index contributed by atoms with van der Waals surface area (Å²) in [5.74, 6) is 0.820. The third-order valence-electron chi connectivity index (χ3n) is 3.45. The van der Waals surface area contributed by atoms with Crippen molar-refractivity contribution in [3.8, 4) is 0 Å². The third kappa shape index (κ3) is 4.61. The molecule has 1 aromatic rings. The molecule has 1 saturated carbocycles. The van der Waals surface area contributed by atoms with Crippen LogP contribution in [-0.4, -0.2) is 11.9 Å². The zero-order valence-electron chi connectivity index (χ0n) is 9.96. The molecule has 3 heteroatoms. The van der Waals surface area contributed by atoms with Gasteiger partial charge in [-0.05, 0) is 55.8 Å². The van der Waals surface area contributed by atoms with Crippen LogP contribution >= 0.6 is 27.5 Å². The van der Waals surface area contributed by atoms with Gasteiger partial charge in [0, 0.05) is 16.4 Å². The first-order chi connectivity index (χ1) is 8.24. The van der Waals surface area contributed by atoms with E-state index < -0.39 is 0 Å². The number of nitrogens with one attached hydrogen (secondary N) is 1. The fourth-order valence-electron chi connectivity index (χ4n) is 2.35. The van der Waals surface area contributed by atoms with E-state index in [0.717, 1.165) is 23.5 Å². The van der Waals surface area contributed by atoms with Gasteiger partial charge < -0.3 is 5.32 Å². The number of hydrogen-bond acceptors (Lipinski definition) is 1. The Bertz CT molecular complexity index is 331. The van der Waals surface area contributed by atoms with Gasteiger partial charge in [-0.25, -0.2) is 0 Å². The van der Waals surface area contributed by atoms with E-state index in [1.54, 1.807) is 0 Å². The normalized spacial score (nSPS) is 24.8. The first-order valence-electron chi connectivity index (χ1n) is 6.33. The minimum Gasteiger partial charge on any atom is -0.312 e. The lowest BCUT2D eigenvalue weighted by molar-refractivity contribution is 0.345. The Morgan fingerprint density at radius 1 is 1.12 bits per heavy atom. The van der Waals surface area contributed by atoms with Crippen LogP contribution in [0.3, 0.4) is 0 Å². The zero-order chi connectivity index (χ0) is 12.1. The van der Waals surface area contributed by atoms with Crippen molar-refractivity contribution < 1.29 is 0 Å². The molecule has 1 nitrogen and oxygen atoms in total. The number of alkyl halides is 1. The Hall–Kier alpha value is -0.0500. The van der Waals surface area contributed by atoms with Gasteiger partial charge in [0.25, 0.3) is 0 Å². The molecule has 0 atom stereocenters. The average Bonchev–Trinajstić information content (AvgIpc) is 2.34. The second kappa shape index (κ2) is 6.77. The number of rotatable bonds is 4. The van der Waals surface area contributed by atoms with Gasteiger partial charge in [-0.15, -0.1) is 11.6 Å². The van der Waals surface area contributed by atoms with Gasteiger partial charge in [-0.2, -0.15) is 0 Å². The Morgan fingerprint density at radius 2 is 1.76 bits per heavy atom. The molecule has 17 heavy (non-hydrogen) atoms. The van der Waals surface area contributed by atoms with E-state index in [1.165, 1.54) is 31.2 Å². The fraction of sp³-hybridized carbons (Fsp3) is 0.571. The molecule has 0 spiro atoms. The van der Waals surface area contributed by atoms with Crippen LogP contribution in [0, 0.1) is 5.92 Å². The molecule has 0 radical (unpaired) electrons. The van der Waals surface area contributed by atoms with Gasteiger partial charge in [0.05, 0.1) is 0 Å². The Kier molecular flexibility index (Phi) is 5.33. The van der Waals surface area contributed by atoms with E-state index >= 15 is 0 Å². The van der Waals surface area contributed by atoms with Crippen LogP contribution in [-0.2, 0) is 6.54 Å². The van der Waals surface area contributed by atoms with E-state index in [1.807, 2.05) is 0 Å². The molecular formula is C14H19BrClN. The van der Waals surface area contributed by atoms with Crippen molar-refractivity contribution in [2.45, 2.75) is 37.6 Å². The average molecular weight is 317 g/mol. The molecule has 0 heterocycles. The summed E-state index contributed by atoms with van der Waals surface area (Å²) in [7, 11) is 0. The highest BCUT2D eigenvalue weighted by Gasteiger charge is 2.18. The van der Waals surface area contributed by atoms with Crippen LogP contribution in [0.5, 0.6) is 0 Å². The minimum atomic E-state index is 0.428. The lowest BCUT2D eigenvalue weighted by Gasteiger charge is -2.25. The smallest absolute Gasteiger partial charge is 0.0336 e. The van der Waals surface area contributed by atoms with Crippen LogP contribution in [0.1, 0.15) is 31.2 Å². The molecule has 1 N–H and O–H groups in total. The highest BCUT2D eigenvalue weighted by Crippen LogP contribution is 2.27. The van der Waals surface area contributed by atoms with E-state index in [-0.39, 0.29) is 0 Å². The molecule has 1 fully saturated rings. The third-order valence-corrected chi connectivity index (χ3v) is 4.42. The lowest BCUT2D eigenvalue weighted by Crippen LogP contribution is -2.26. The summed E-state index contributed by atoms with van der Waals surface area (Å²) in [4.78, 5) is 0. The van der Waals surface area contributed by atoms with Gasteiger partial charge in [0.2, 0.25) is 0 Å². The van der Waals surface area contributed by atoms with E-state index in [9.17, 15) is 0 Å². The molecule has 0 unspecified atom stereocenters. The SMILES string of the molecule is ClC1CCC(CNCc2ccc(Br)cc2)CC1. The minimum absolute atomic E-state index is 0.428. The Labute approximate surface area is 117 Å². The van der Waals surface area contributed by atoms with Crippen LogP contribution in [0.2, 0.25) is 0 Å². The van der Waals surface area contributed by atoms with Gasteiger partial charge in [0.15, 0.2) is 0 Å².